The molecule has 1 aromatic carbocycles. The zero-order valence-corrected chi connectivity index (χ0v) is 17.2. The van der Waals surface area contributed by atoms with Crippen molar-refractivity contribution in [2.75, 3.05) is 26.2 Å². The highest BCUT2D eigenvalue weighted by atomic mass is 16.3. The van der Waals surface area contributed by atoms with Gasteiger partial charge in [0.1, 0.15) is 5.60 Å². The minimum atomic E-state index is -0.942. The number of amides is 1. The third kappa shape index (κ3) is 4.68. The van der Waals surface area contributed by atoms with Crippen LogP contribution in [0.2, 0.25) is 0 Å². The number of piperidine rings is 2. The fourth-order valence-corrected chi connectivity index (χ4v) is 4.48. The van der Waals surface area contributed by atoms with E-state index in [9.17, 15) is 9.90 Å². The van der Waals surface area contributed by atoms with Crippen molar-refractivity contribution >= 4 is 5.91 Å². The van der Waals surface area contributed by atoms with E-state index in [1.807, 2.05) is 36.1 Å². The van der Waals surface area contributed by atoms with E-state index in [0.717, 1.165) is 30.6 Å². The molecule has 2 aliphatic rings. The third-order valence-electron chi connectivity index (χ3n) is 6.39. The molecule has 2 N–H and O–H groups in total. The number of likely N-dealkylation sites (tertiary alicyclic amines) is 1. The van der Waals surface area contributed by atoms with Crippen molar-refractivity contribution in [2.45, 2.75) is 44.6 Å². The molecule has 29 heavy (non-hydrogen) atoms. The lowest BCUT2D eigenvalue weighted by atomic mass is 9.87. The molecule has 1 unspecified atom stereocenters. The third-order valence-corrected chi connectivity index (χ3v) is 6.39. The highest BCUT2D eigenvalue weighted by Crippen LogP contribution is 2.32. The molecule has 0 bridgehead atoms. The van der Waals surface area contributed by atoms with E-state index in [1.54, 1.807) is 6.20 Å². The van der Waals surface area contributed by atoms with E-state index in [2.05, 4.69) is 22.4 Å². The van der Waals surface area contributed by atoms with E-state index in [1.165, 1.54) is 18.4 Å². The number of aryl methyl sites for hydroxylation is 1. The topological polar surface area (TPSA) is 65.5 Å². The van der Waals surface area contributed by atoms with Crippen molar-refractivity contribution in [3.05, 3.63) is 65.0 Å². The van der Waals surface area contributed by atoms with Crippen LogP contribution in [0, 0.1) is 12.8 Å². The van der Waals surface area contributed by atoms with Crippen molar-refractivity contribution < 1.29 is 9.90 Å². The smallest absolute Gasteiger partial charge is 0.253 e. The number of nitrogens with zero attached hydrogens (tertiary/aromatic N) is 2. The van der Waals surface area contributed by atoms with Gasteiger partial charge in [-0.15, -0.1) is 0 Å². The van der Waals surface area contributed by atoms with Gasteiger partial charge in [-0.2, -0.15) is 0 Å². The second-order valence-electron chi connectivity index (χ2n) is 8.66. The maximum atomic E-state index is 12.9. The minimum absolute atomic E-state index is 0.0507. The van der Waals surface area contributed by atoms with Gasteiger partial charge in [0.15, 0.2) is 0 Å². The molecule has 0 aliphatic carbocycles. The zero-order chi connectivity index (χ0) is 20.3. The molecule has 1 atom stereocenters. The number of carbonyl (C=O) groups excluding carboxylic acids is 1. The summed E-state index contributed by atoms with van der Waals surface area (Å²) in [5.41, 5.74) is 2.87. The molecule has 154 valence electrons. The molecular formula is C24H31N3O2. The normalized spacial score (nSPS) is 21.7. The first-order chi connectivity index (χ1) is 14.0. The fraction of sp³-hybridized carbons (Fsp3) is 0.500. The van der Waals surface area contributed by atoms with Crippen LogP contribution in [0.3, 0.4) is 0 Å². The summed E-state index contributed by atoms with van der Waals surface area (Å²) in [4.78, 5) is 19.2. The van der Waals surface area contributed by atoms with Crippen LogP contribution in [-0.4, -0.2) is 47.1 Å². The lowest BCUT2D eigenvalue weighted by molar-refractivity contribution is -0.0244. The summed E-state index contributed by atoms with van der Waals surface area (Å²) in [5, 5.41) is 14.5. The van der Waals surface area contributed by atoms with Gasteiger partial charge in [-0.1, -0.05) is 18.2 Å². The average Bonchev–Trinajstić information content (AvgIpc) is 2.75. The molecule has 2 fully saturated rings. The number of pyridine rings is 1. The Morgan fingerprint density at radius 1 is 1.21 bits per heavy atom. The Morgan fingerprint density at radius 2 is 1.97 bits per heavy atom. The summed E-state index contributed by atoms with van der Waals surface area (Å²) >= 11 is 0. The molecule has 5 heteroatoms. The summed E-state index contributed by atoms with van der Waals surface area (Å²) in [6.45, 7) is 5.29. The van der Waals surface area contributed by atoms with Crippen LogP contribution in [0.1, 0.15) is 52.9 Å². The Kier molecular flexibility index (Phi) is 5.97. The average molecular weight is 394 g/mol. The van der Waals surface area contributed by atoms with E-state index < -0.39 is 5.60 Å². The van der Waals surface area contributed by atoms with Gasteiger partial charge in [0.05, 0.1) is 5.69 Å². The number of hydrogen-bond acceptors (Lipinski definition) is 4. The van der Waals surface area contributed by atoms with Crippen molar-refractivity contribution in [2.24, 2.45) is 5.92 Å². The zero-order valence-electron chi connectivity index (χ0n) is 17.2. The van der Waals surface area contributed by atoms with Crippen molar-refractivity contribution in [1.82, 2.24) is 15.2 Å². The molecule has 4 rings (SSSR count). The van der Waals surface area contributed by atoms with Crippen LogP contribution in [0.5, 0.6) is 0 Å². The largest absolute Gasteiger partial charge is 0.383 e. The van der Waals surface area contributed by atoms with Gasteiger partial charge < -0.3 is 15.3 Å². The van der Waals surface area contributed by atoms with Crippen molar-refractivity contribution in [3.8, 4) is 0 Å². The van der Waals surface area contributed by atoms with Crippen LogP contribution < -0.4 is 5.32 Å². The summed E-state index contributed by atoms with van der Waals surface area (Å²) in [5.74, 6) is 0.746. The minimum Gasteiger partial charge on any atom is -0.383 e. The number of carbonyl (C=O) groups is 1. The SMILES string of the molecule is Cc1ccc(C2(O)CCN(C(=O)c3ccc(CC4CCCNC4)cc3)CC2)nc1. The first-order valence-electron chi connectivity index (χ1n) is 10.8. The Balaban J connectivity index is 1.35. The predicted molar refractivity (Wildman–Crippen MR) is 114 cm³/mol. The predicted octanol–water partition coefficient (Wildman–Crippen LogP) is 3.06. The van der Waals surface area contributed by atoms with Gasteiger partial charge in [-0.25, -0.2) is 0 Å². The monoisotopic (exact) mass is 393 g/mol. The number of rotatable bonds is 4. The number of nitrogens with one attached hydrogen (secondary N) is 1. The Morgan fingerprint density at radius 3 is 2.59 bits per heavy atom. The van der Waals surface area contributed by atoms with Crippen LogP contribution in [0.15, 0.2) is 42.6 Å². The second-order valence-corrected chi connectivity index (χ2v) is 8.66. The lowest BCUT2D eigenvalue weighted by Crippen LogP contribution is -2.45. The lowest BCUT2D eigenvalue weighted by Gasteiger charge is -2.37. The molecule has 2 aromatic rings. The Labute approximate surface area is 173 Å². The second kappa shape index (κ2) is 8.64. The first-order valence-corrected chi connectivity index (χ1v) is 10.8. The molecule has 2 saturated heterocycles. The van der Waals surface area contributed by atoms with Gasteiger partial charge in [0.2, 0.25) is 0 Å². The van der Waals surface area contributed by atoms with Crippen LogP contribution in [-0.2, 0) is 12.0 Å². The highest BCUT2D eigenvalue weighted by molar-refractivity contribution is 5.94. The fourth-order valence-electron chi connectivity index (χ4n) is 4.48. The number of hydrogen-bond donors (Lipinski definition) is 2. The molecule has 1 aromatic heterocycles. The number of aliphatic hydroxyl groups is 1. The Hall–Kier alpha value is -2.24. The summed E-state index contributed by atoms with van der Waals surface area (Å²) in [7, 11) is 0. The van der Waals surface area contributed by atoms with Crippen LogP contribution in [0.4, 0.5) is 0 Å². The summed E-state index contributed by atoms with van der Waals surface area (Å²) in [6, 6.07) is 12.0. The van der Waals surface area contributed by atoms with E-state index in [0.29, 0.717) is 37.5 Å². The molecule has 0 radical (unpaired) electrons. The molecule has 0 saturated carbocycles. The van der Waals surface area contributed by atoms with Gasteiger partial charge in [-0.3, -0.25) is 9.78 Å². The summed E-state index contributed by atoms with van der Waals surface area (Å²) < 4.78 is 0. The number of benzene rings is 1. The Bertz CT molecular complexity index is 818. The summed E-state index contributed by atoms with van der Waals surface area (Å²) in [6.07, 6.45) is 6.42. The first kappa shape index (κ1) is 20.0. The van der Waals surface area contributed by atoms with Gasteiger partial charge in [0, 0.05) is 24.8 Å². The van der Waals surface area contributed by atoms with E-state index >= 15 is 0 Å². The van der Waals surface area contributed by atoms with Crippen molar-refractivity contribution in [1.29, 1.82) is 0 Å². The van der Waals surface area contributed by atoms with Gasteiger partial charge in [0.25, 0.3) is 5.91 Å². The molecule has 0 spiro atoms. The standard InChI is InChI=1S/C24H31N3O2/c1-18-4-9-22(26-16-18)24(29)10-13-27(14-11-24)23(28)21-7-5-19(6-8-21)15-20-3-2-12-25-17-20/h4-9,16,20,25,29H,2-3,10-15,17H2,1H3. The van der Waals surface area contributed by atoms with E-state index in [-0.39, 0.29) is 5.91 Å². The van der Waals surface area contributed by atoms with Gasteiger partial charge in [-0.05, 0) is 87.4 Å². The quantitative estimate of drug-likeness (QED) is 0.838. The molecule has 3 heterocycles. The van der Waals surface area contributed by atoms with Gasteiger partial charge >= 0.3 is 0 Å². The number of aromatic nitrogens is 1. The highest BCUT2D eigenvalue weighted by Gasteiger charge is 2.36. The van der Waals surface area contributed by atoms with Crippen LogP contribution >= 0.6 is 0 Å². The van der Waals surface area contributed by atoms with E-state index in [4.69, 9.17) is 0 Å². The molecule has 2 aliphatic heterocycles. The molecular weight excluding hydrogens is 362 g/mol. The molecule has 5 nitrogen and oxygen atoms in total. The maximum absolute atomic E-state index is 12.9. The molecule has 1 amide bonds. The van der Waals surface area contributed by atoms with Crippen molar-refractivity contribution in [3.63, 3.8) is 0 Å². The maximum Gasteiger partial charge on any atom is 0.253 e. The van der Waals surface area contributed by atoms with Crippen LogP contribution in [0.25, 0.3) is 0 Å².